The summed E-state index contributed by atoms with van der Waals surface area (Å²) >= 11 is 4.21. The highest BCUT2D eigenvalue weighted by Gasteiger charge is 2.36. The van der Waals surface area contributed by atoms with E-state index in [1.54, 1.807) is 30.3 Å². The van der Waals surface area contributed by atoms with Crippen LogP contribution in [0.4, 0.5) is 4.79 Å². The van der Waals surface area contributed by atoms with Crippen LogP contribution in [0.2, 0.25) is 0 Å². The molecular weight excluding hydrogens is 486 g/mol. The van der Waals surface area contributed by atoms with E-state index in [2.05, 4.69) is 22.0 Å². The average molecular weight is 502 g/mol. The van der Waals surface area contributed by atoms with Crippen LogP contribution in [-0.4, -0.2) is 28.4 Å². The molecule has 0 spiro atoms. The lowest BCUT2D eigenvalue weighted by Crippen LogP contribution is -2.33. The molecule has 0 unspecified atom stereocenters. The lowest BCUT2D eigenvalue weighted by Gasteiger charge is -2.12. The van der Waals surface area contributed by atoms with Crippen LogP contribution in [-0.2, 0) is 4.79 Å². The molecule has 1 heterocycles. The minimum atomic E-state index is -0.442. The molecule has 4 aromatic carbocycles. The summed E-state index contributed by atoms with van der Waals surface area (Å²) in [6, 6.07) is 24.9. The van der Waals surface area contributed by atoms with Crippen LogP contribution in [0.15, 0.2) is 88.2 Å². The van der Waals surface area contributed by atoms with Gasteiger partial charge in [-0.3, -0.25) is 19.3 Å². The monoisotopic (exact) mass is 501 g/mol. The Kier molecular flexibility index (Phi) is 5.41. The number of rotatable bonds is 4. The molecule has 2 amide bonds. The first-order chi connectivity index (χ1) is 15.5. The van der Waals surface area contributed by atoms with E-state index in [0.717, 1.165) is 48.2 Å². The van der Waals surface area contributed by atoms with Crippen molar-refractivity contribution in [1.29, 1.82) is 0 Å². The van der Waals surface area contributed by atoms with Gasteiger partial charge in [-0.2, -0.15) is 0 Å². The second-order valence-corrected chi connectivity index (χ2v) is 9.34. The van der Waals surface area contributed by atoms with Crippen molar-refractivity contribution < 1.29 is 14.4 Å². The molecule has 4 nitrogen and oxygen atoms in total. The van der Waals surface area contributed by atoms with Crippen LogP contribution in [0.1, 0.15) is 15.9 Å². The third-order valence-corrected chi connectivity index (χ3v) is 6.87. The van der Waals surface area contributed by atoms with E-state index in [0.29, 0.717) is 10.5 Å². The van der Waals surface area contributed by atoms with Crippen molar-refractivity contribution >= 4 is 72.2 Å². The number of hydrogen-bond acceptors (Lipinski definition) is 4. The predicted molar refractivity (Wildman–Crippen MR) is 133 cm³/mol. The zero-order valence-corrected chi connectivity index (χ0v) is 19.2. The third-order valence-electron chi connectivity index (χ3n) is 5.43. The Labute approximate surface area is 197 Å². The Hall–Kier alpha value is -3.22. The molecule has 0 saturated carbocycles. The highest BCUT2D eigenvalue weighted by molar-refractivity contribution is 9.10. The van der Waals surface area contributed by atoms with Crippen LogP contribution in [0, 0.1) is 0 Å². The fourth-order valence-corrected chi connectivity index (χ4v) is 4.93. The summed E-state index contributed by atoms with van der Waals surface area (Å²) in [4.78, 5) is 39.6. The van der Waals surface area contributed by atoms with Crippen LogP contribution < -0.4 is 0 Å². The Morgan fingerprint density at radius 3 is 2.09 bits per heavy atom. The van der Waals surface area contributed by atoms with Gasteiger partial charge >= 0.3 is 0 Å². The van der Waals surface area contributed by atoms with Crippen molar-refractivity contribution in [3.63, 3.8) is 0 Å². The number of imide groups is 1. The number of carbonyl (C=O) groups is 3. The second kappa shape index (κ2) is 8.37. The zero-order valence-electron chi connectivity index (χ0n) is 16.7. The normalized spacial score (nSPS) is 15.3. The van der Waals surface area contributed by atoms with Gasteiger partial charge in [0.1, 0.15) is 0 Å². The molecule has 1 aliphatic heterocycles. The molecule has 0 bridgehead atoms. The number of hydrogen-bond donors (Lipinski definition) is 0. The smallest absolute Gasteiger partial charge is 0.292 e. The summed E-state index contributed by atoms with van der Waals surface area (Å²) < 4.78 is 0.852. The molecule has 4 aromatic rings. The molecule has 1 fully saturated rings. The number of ketones is 1. The standard InChI is InChI=1S/C26H16BrNO3S/c27-19-11-9-16(10-12-19)23(29)15-28-25(30)24(32-26(28)31)14-22-20-7-3-1-5-17(20)13-18-6-2-4-8-21(18)22/h1-14H,15H2/b24-14+. The summed E-state index contributed by atoms with van der Waals surface area (Å²) in [7, 11) is 0. The van der Waals surface area contributed by atoms with Gasteiger partial charge in [-0.25, -0.2) is 0 Å². The highest BCUT2D eigenvalue weighted by Crippen LogP contribution is 2.36. The number of thioether (sulfide) groups is 1. The molecule has 5 rings (SSSR count). The van der Waals surface area contributed by atoms with Crippen molar-refractivity contribution in [3.8, 4) is 0 Å². The van der Waals surface area contributed by atoms with Crippen molar-refractivity contribution in [2.75, 3.05) is 6.54 Å². The largest absolute Gasteiger partial charge is 0.293 e. The molecular formula is C26H16BrNO3S. The van der Waals surface area contributed by atoms with Gasteiger partial charge in [-0.1, -0.05) is 76.6 Å². The molecule has 32 heavy (non-hydrogen) atoms. The van der Waals surface area contributed by atoms with E-state index in [1.807, 2.05) is 48.5 Å². The Bertz CT molecular complexity index is 1390. The van der Waals surface area contributed by atoms with Crippen molar-refractivity contribution in [2.45, 2.75) is 0 Å². The minimum Gasteiger partial charge on any atom is -0.292 e. The third kappa shape index (κ3) is 3.76. The van der Waals surface area contributed by atoms with Crippen molar-refractivity contribution in [3.05, 3.63) is 99.4 Å². The molecule has 156 valence electrons. The fourth-order valence-electron chi connectivity index (χ4n) is 3.84. The summed E-state index contributed by atoms with van der Waals surface area (Å²) in [5.74, 6) is -0.723. The minimum absolute atomic E-state index is 0.278. The van der Waals surface area contributed by atoms with E-state index < -0.39 is 11.1 Å². The van der Waals surface area contributed by atoms with Gasteiger partial charge in [0.25, 0.3) is 11.1 Å². The lowest BCUT2D eigenvalue weighted by atomic mass is 9.96. The van der Waals surface area contributed by atoms with Crippen LogP contribution in [0.5, 0.6) is 0 Å². The number of Topliss-reactive ketones (excluding diaryl/α,β-unsaturated/α-hetero) is 1. The number of benzene rings is 4. The maximum atomic E-state index is 13.1. The molecule has 6 heteroatoms. The summed E-state index contributed by atoms with van der Waals surface area (Å²) in [6.45, 7) is -0.278. The topological polar surface area (TPSA) is 54.5 Å². The molecule has 0 aliphatic carbocycles. The maximum Gasteiger partial charge on any atom is 0.293 e. The predicted octanol–water partition coefficient (Wildman–Crippen LogP) is 6.67. The van der Waals surface area contributed by atoms with Gasteiger partial charge < -0.3 is 0 Å². The van der Waals surface area contributed by atoms with E-state index in [1.165, 1.54) is 0 Å². The average Bonchev–Trinajstić information content (AvgIpc) is 3.06. The van der Waals surface area contributed by atoms with Gasteiger partial charge in [0.15, 0.2) is 5.78 Å². The number of fused-ring (bicyclic) bond motifs is 2. The molecule has 1 aliphatic rings. The zero-order chi connectivity index (χ0) is 22.2. The Morgan fingerprint density at radius 1 is 0.875 bits per heavy atom. The molecule has 0 aromatic heterocycles. The lowest BCUT2D eigenvalue weighted by molar-refractivity contribution is -0.122. The first-order valence-corrected chi connectivity index (χ1v) is 11.6. The Balaban J connectivity index is 1.52. The quantitative estimate of drug-likeness (QED) is 0.178. The SMILES string of the molecule is O=C(CN1C(=O)S/C(=C/c2c3ccccc3cc3ccccc23)C1=O)c1ccc(Br)cc1. The van der Waals surface area contributed by atoms with Gasteiger partial charge in [0.2, 0.25) is 0 Å². The molecule has 0 radical (unpaired) electrons. The van der Waals surface area contributed by atoms with Crippen molar-refractivity contribution in [1.82, 2.24) is 4.90 Å². The first kappa shape index (κ1) is 20.7. The van der Waals surface area contributed by atoms with E-state index >= 15 is 0 Å². The van der Waals surface area contributed by atoms with E-state index in [-0.39, 0.29) is 12.3 Å². The number of amides is 2. The van der Waals surface area contributed by atoms with Gasteiger partial charge in [-0.05, 0) is 63.1 Å². The van der Waals surface area contributed by atoms with Crippen LogP contribution in [0.3, 0.4) is 0 Å². The Morgan fingerprint density at radius 2 is 1.47 bits per heavy atom. The summed E-state index contributed by atoms with van der Waals surface area (Å²) in [5.41, 5.74) is 1.35. The van der Waals surface area contributed by atoms with Gasteiger partial charge in [-0.15, -0.1) is 0 Å². The summed E-state index contributed by atoms with van der Waals surface area (Å²) in [5, 5.41) is 3.69. The number of halogens is 1. The molecule has 1 saturated heterocycles. The second-order valence-electron chi connectivity index (χ2n) is 7.43. The highest BCUT2D eigenvalue weighted by atomic mass is 79.9. The number of nitrogens with zero attached hydrogens (tertiary/aromatic N) is 1. The molecule has 0 N–H and O–H groups in total. The van der Waals surface area contributed by atoms with Gasteiger partial charge in [0, 0.05) is 10.0 Å². The van der Waals surface area contributed by atoms with E-state index in [9.17, 15) is 14.4 Å². The number of carbonyl (C=O) groups excluding carboxylic acids is 3. The van der Waals surface area contributed by atoms with Crippen LogP contribution >= 0.6 is 27.7 Å². The van der Waals surface area contributed by atoms with Gasteiger partial charge in [0.05, 0.1) is 11.4 Å². The van der Waals surface area contributed by atoms with E-state index in [4.69, 9.17) is 0 Å². The maximum absolute atomic E-state index is 13.1. The molecule has 0 atom stereocenters. The summed E-state index contributed by atoms with van der Waals surface area (Å²) in [6.07, 6.45) is 1.78. The van der Waals surface area contributed by atoms with Crippen molar-refractivity contribution in [2.24, 2.45) is 0 Å². The van der Waals surface area contributed by atoms with Crippen LogP contribution in [0.25, 0.3) is 27.6 Å². The first-order valence-electron chi connectivity index (χ1n) is 9.96. The fraction of sp³-hybridized carbons (Fsp3) is 0.0385.